The van der Waals surface area contributed by atoms with Gasteiger partial charge in [0.1, 0.15) is 11.8 Å². The summed E-state index contributed by atoms with van der Waals surface area (Å²) in [6, 6.07) is 0. The molecular weight excluding hydrogens is 278 g/mol. The van der Waals surface area contributed by atoms with Gasteiger partial charge in [0.25, 0.3) is 0 Å². The van der Waals surface area contributed by atoms with Gasteiger partial charge in [0.05, 0.1) is 6.33 Å². The molecule has 0 aliphatic heterocycles. The first-order chi connectivity index (χ1) is 10.7. The number of allylic oxidation sites excluding steroid dienone is 4. The molecule has 1 aliphatic rings. The normalized spacial score (nSPS) is 15.9. The molecule has 2 aromatic heterocycles. The molecule has 0 amide bonds. The number of nitrogens with zero attached hydrogens (tertiary/aromatic N) is 4. The second-order valence-electron chi connectivity index (χ2n) is 5.66. The molecule has 0 saturated heterocycles. The Labute approximate surface area is 129 Å². The van der Waals surface area contributed by atoms with E-state index in [4.69, 9.17) is 10.8 Å². The Morgan fingerprint density at radius 2 is 2.18 bits per heavy atom. The summed E-state index contributed by atoms with van der Waals surface area (Å²) in [6.45, 7) is 3.21. The van der Waals surface area contributed by atoms with Crippen molar-refractivity contribution in [1.82, 2.24) is 19.5 Å². The molecular formula is C16H21N5O. The second-order valence-corrected chi connectivity index (χ2v) is 5.66. The summed E-state index contributed by atoms with van der Waals surface area (Å²) in [5.74, 6) is 0.817. The quantitative estimate of drug-likeness (QED) is 0.852. The van der Waals surface area contributed by atoms with E-state index in [1.165, 1.54) is 17.5 Å². The van der Waals surface area contributed by atoms with Gasteiger partial charge in [-0.25, -0.2) is 15.0 Å². The second kappa shape index (κ2) is 6.27. The van der Waals surface area contributed by atoms with Crippen LogP contribution in [0.15, 0.2) is 36.0 Å². The molecule has 0 spiro atoms. The molecule has 22 heavy (non-hydrogen) atoms. The van der Waals surface area contributed by atoms with Gasteiger partial charge in [-0.15, -0.1) is 0 Å². The van der Waals surface area contributed by atoms with Crippen molar-refractivity contribution < 1.29 is 5.11 Å². The van der Waals surface area contributed by atoms with Crippen LogP contribution >= 0.6 is 0 Å². The lowest BCUT2D eigenvalue weighted by Crippen LogP contribution is -2.06. The molecule has 1 atom stereocenters. The van der Waals surface area contributed by atoms with E-state index >= 15 is 0 Å². The molecule has 0 radical (unpaired) electrons. The fraction of sp³-hybridized carbons (Fsp3) is 0.438. The summed E-state index contributed by atoms with van der Waals surface area (Å²) >= 11 is 0. The number of aliphatic hydroxyl groups excluding tert-OH is 1. The van der Waals surface area contributed by atoms with Gasteiger partial charge in [0.2, 0.25) is 0 Å². The average molecular weight is 299 g/mol. The van der Waals surface area contributed by atoms with Gasteiger partial charge in [-0.2, -0.15) is 0 Å². The zero-order chi connectivity index (χ0) is 15.5. The van der Waals surface area contributed by atoms with Crippen molar-refractivity contribution in [2.24, 2.45) is 5.92 Å². The number of fused-ring (bicyclic) bond motifs is 1. The van der Waals surface area contributed by atoms with E-state index in [1.807, 2.05) is 4.57 Å². The number of nitrogen functional groups attached to an aromatic ring is 1. The zero-order valence-corrected chi connectivity index (χ0v) is 12.7. The van der Waals surface area contributed by atoms with Crippen LogP contribution < -0.4 is 5.73 Å². The van der Waals surface area contributed by atoms with Crippen LogP contribution in [0, 0.1) is 5.92 Å². The molecule has 0 saturated carbocycles. The van der Waals surface area contributed by atoms with E-state index in [2.05, 4.69) is 34.0 Å². The minimum absolute atomic E-state index is 0.230. The maximum Gasteiger partial charge on any atom is 0.165 e. The first-order valence-corrected chi connectivity index (χ1v) is 7.62. The summed E-state index contributed by atoms with van der Waals surface area (Å²) in [5.41, 5.74) is 9.98. The highest BCUT2D eigenvalue weighted by Crippen LogP contribution is 2.31. The van der Waals surface area contributed by atoms with Crippen molar-refractivity contribution >= 4 is 17.0 Å². The van der Waals surface area contributed by atoms with Gasteiger partial charge in [0.15, 0.2) is 11.5 Å². The molecule has 0 unspecified atom stereocenters. The maximum absolute atomic E-state index is 9.12. The fourth-order valence-corrected chi connectivity index (χ4v) is 2.99. The topological polar surface area (TPSA) is 89.8 Å². The summed E-state index contributed by atoms with van der Waals surface area (Å²) in [5, 5.41) is 9.12. The lowest BCUT2D eigenvalue weighted by atomic mass is 9.92. The standard InChI is InChI=1S/C16H21N5O/c1-11(6-8-22)13-4-2-3-12(13)5-7-21-10-20-14-15(17)18-9-19-16(14)21/h3-4,9-11,22H,2,5-8H2,1H3,(H2,17,18,19)/t11-/m0/s1. The largest absolute Gasteiger partial charge is 0.396 e. The van der Waals surface area contributed by atoms with Crippen LogP contribution in [0.1, 0.15) is 26.2 Å². The lowest BCUT2D eigenvalue weighted by Gasteiger charge is -2.16. The summed E-state index contributed by atoms with van der Waals surface area (Å²) in [4.78, 5) is 12.5. The van der Waals surface area contributed by atoms with E-state index < -0.39 is 0 Å². The molecule has 6 heteroatoms. The molecule has 0 aromatic carbocycles. The van der Waals surface area contributed by atoms with Gasteiger partial charge in [-0.05, 0) is 36.3 Å². The highest BCUT2D eigenvalue weighted by Gasteiger charge is 2.17. The number of imidazole rings is 1. The first-order valence-electron chi connectivity index (χ1n) is 7.62. The van der Waals surface area contributed by atoms with Crippen LogP contribution in [0.3, 0.4) is 0 Å². The number of aryl methyl sites for hydroxylation is 1. The Balaban J connectivity index is 1.72. The fourth-order valence-electron chi connectivity index (χ4n) is 2.99. The van der Waals surface area contributed by atoms with Crippen LogP contribution in [-0.2, 0) is 6.54 Å². The highest BCUT2D eigenvalue weighted by molar-refractivity contribution is 5.81. The van der Waals surface area contributed by atoms with Crippen molar-refractivity contribution in [3.63, 3.8) is 0 Å². The Morgan fingerprint density at radius 1 is 1.32 bits per heavy atom. The van der Waals surface area contributed by atoms with Crippen LogP contribution in [0.4, 0.5) is 5.82 Å². The summed E-state index contributed by atoms with van der Waals surface area (Å²) in [6.07, 6.45) is 10.5. The van der Waals surface area contributed by atoms with Gasteiger partial charge in [0, 0.05) is 13.2 Å². The number of rotatable bonds is 6. The van der Waals surface area contributed by atoms with E-state index in [0.717, 1.165) is 31.5 Å². The molecule has 6 nitrogen and oxygen atoms in total. The molecule has 116 valence electrons. The molecule has 2 heterocycles. The van der Waals surface area contributed by atoms with Gasteiger partial charge in [-0.3, -0.25) is 0 Å². The summed E-state index contributed by atoms with van der Waals surface area (Å²) in [7, 11) is 0. The van der Waals surface area contributed by atoms with Crippen molar-refractivity contribution in [1.29, 1.82) is 0 Å². The zero-order valence-electron chi connectivity index (χ0n) is 12.7. The third-order valence-electron chi connectivity index (χ3n) is 4.22. The van der Waals surface area contributed by atoms with Crippen molar-refractivity contribution in [3.8, 4) is 0 Å². The number of nitrogens with two attached hydrogens (primary N) is 1. The third-order valence-corrected chi connectivity index (χ3v) is 4.22. The Kier molecular flexibility index (Phi) is 4.20. The van der Waals surface area contributed by atoms with Crippen LogP contribution in [0.5, 0.6) is 0 Å². The first kappa shape index (κ1) is 14.7. The van der Waals surface area contributed by atoms with Crippen LogP contribution in [0.2, 0.25) is 0 Å². The number of aliphatic hydroxyl groups is 1. The number of aromatic nitrogens is 4. The SMILES string of the molecule is C[C@@H](CCO)C1=CCC=C1CCn1cnc2c(N)ncnc21. The molecule has 2 aromatic rings. The van der Waals surface area contributed by atoms with Crippen molar-refractivity contribution in [3.05, 3.63) is 36.0 Å². The maximum atomic E-state index is 9.12. The molecule has 3 N–H and O–H groups in total. The van der Waals surface area contributed by atoms with Crippen molar-refractivity contribution in [2.45, 2.75) is 32.7 Å². The third kappa shape index (κ3) is 2.74. The average Bonchev–Trinajstić information content (AvgIpc) is 3.12. The van der Waals surface area contributed by atoms with E-state index in [-0.39, 0.29) is 6.61 Å². The molecule has 1 aliphatic carbocycles. The van der Waals surface area contributed by atoms with Gasteiger partial charge >= 0.3 is 0 Å². The Hall–Kier alpha value is -2.21. The Morgan fingerprint density at radius 3 is 3.00 bits per heavy atom. The highest BCUT2D eigenvalue weighted by atomic mass is 16.3. The van der Waals surface area contributed by atoms with E-state index in [0.29, 0.717) is 17.3 Å². The predicted octanol–water partition coefficient (Wildman–Crippen LogP) is 2.07. The summed E-state index contributed by atoms with van der Waals surface area (Å²) < 4.78 is 2.01. The smallest absolute Gasteiger partial charge is 0.165 e. The van der Waals surface area contributed by atoms with Crippen LogP contribution in [0.25, 0.3) is 11.2 Å². The minimum atomic E-state index is 0.230. The Bertz CT molecular complexity index is 731. The number of anilines is 1. The molecule has 3 rings (SSSR count). The number of hydrogen-bond acceptors (Lipinski definition) is 5. The van der Waals surface area contributed by atoms with E-state index in [1.54, 1.807) is 6.33 Å². The molecule has 0 fully saturated rings. The van der Waals surface area contributed by atoms with Gasteiger partial charge < -0.3 is 15.4 Å². The monoisotopic (exact) mass is 299 g/mol. The minimum Gasteiger partial charge on any atom is -0.396 e. The molecule has 0 bridgehead atoms. The predicted molar refractivity (Wildman–Crippen MR) is 86.0 cm³/mol. The van der Waals surface area contributed by atoms with Gasteiger partial charge in [-0.1, -0.05) is 19.1 Å². The van der Waals surface area contributed by atoms with Crippen molar-refractivity contribution in [2.75, 3.05) is 12.3 Å². The van der Waals surface area contributed by atoms with E-state index in [9.17, 15) is 0 Å². The lowest BCUT2D eigenvalue weighted by molar-refractivity contribution is 0.272. The number of hydrogen-bond donors (Lipinski definition) is 2. The van der Waals surface area contributed by atoms with Crippen LogP contribution in [-0.4, -0.2) is 31.2 Å².